The van der Waals surface area contributed by atoms with Gasteiger partial charge in [-0.15, -0.1) is 0 Å². The molecule has 1 N–H and O–H groups in total. The number of nitrogens with zero attached hydrogens (tertiary/aromatic N) is 4. The van der Waals surface area contributed by atoms with Crippen LogP contribution in [0.3, 0.4) is 0 Å². The van der Waals surface area contributed by atoms with E-state index in [-0.39, 0.29) is 24.9 Å². The molecule has 7 heteroatoms. The number of amides is 2. The lowest BCUT2D eigenvalue weighted by atomic mass is 10.1. The van der Waals surface area contributed by atoms with Gasteiger partial charge in [-0.2, -0.15) is 0 Å². The van der Waals surface area contributed by atoms with Crippen molar-refractivity contribution in [3.63, 3.8) is 0 Å². The number of benzene rings is 1. The van der Waals surface area contributed by atoms with Crippen molar-refractivity contribution in [2.75, 3.05) is 25.0 Å². The van der Waals surface area contributed by atoms with Crippen molar-refractivity contribution >= 4 is 23.5 Å². The predicted octanol–water partition coefficient (Wildman–Crippen LogP) is 2.97. The van der Waals surface area contributed by atoms with Gasteiger partial charge in [-0.1, -0.05) is 38.3 Å². The van der Waals surface area contributed by atoms with Gasteiger partial charge in [0.1, 0.15) is 6.54 Å². The number of rotatable bonds is 9. The first-order valence-corrected chi connectivity index (χ1v) is 9.84. The number of hydrogen-bond donors (Lipinski definition) is 1. The molecule has 1 aliphatic heterocycles. The van der Waals surface area contributed by atoms with E-state index in [1.807, 2.05) is 24.3 Å². The first-order chi connectivity index (χ1) is 13.7. The molecule has 1 saturated heterocycles. The SMILES string of the molecule is CCCCCCN1CC(=O)N(Cc2ccc(Nc3ncccn3)cc2)CC1=O. The van der Waals surface area contributed by atoms with E-state index >= 15 is 0 Å². The summed E-state index contributed by atoms with van der Waals surface area (Å²) >= 11 is 0. The van der Waals surface area contributed by atoms with E-state index in [1.165, 1.54) is 6.42 Å². The van der Waals surface area contributed by atoms with Crippen LogP contribution in [0, 0.1) is 0 Å². The highest BCUT2D eigenvalue weighted by Gasteiger charge is 2.29. The van der Waals surface area contributed by atoms with Crippen LogP contribution in [0.1, 0.15) is 38.2 Å². The number of hydrogen-bond acceptors (Lipinski definition) is 5. The van der Waals surface area contributed by atoms with Gasteiger partial charge in [0.15, 0.2) is 0 Å². The maximum atomic E-state index is 12.5. The topological polar surface area (TPSA) is 78.4 Å². The summed E-state index contributed by atoms with van der Waals surface area (Å²) in [5.41, 5.74) is 1.85. The number of unbranched alkanes of at least 4 members (excludes halogenated alkanes) is 3. The van der Waals surface area contributed by atoms with Crippen LogP contribution in [-0.2, 0) is 16.1 Å². The van der Waals surface area contributed by atoms with Crippen molar-refractivity contribution in [2.45, 2.75) is 39.2 Å². The van der Waals surface area contributed by atoms with Crippen LogP contribution in [0.5, 0.6) is 0 Å². The van der Waals surface area contributed by atoms with Gasteiger partial charge in [-0.05, 0) is 30.2 Å². The molecule has 7 nitrogen and oxygen atoms in total. The molecule has 1 aromatic carbocycles. The minimum Gasteiger partial charge on any atom is -0.332 e. The molecule has 0 saturated carbocycles. The molecule has 0 aliphatic carbocycles. The Morgan fingerprint density at radius 3 is 2.32 bits per heavy atom. The summed E-state index contributed by atoms with van der Waals surface area (Å²) in [6.07, 6.45) is 7.75. The van der Waals surface area contributed by atoms with E-state index in [2.05, 4.69) is 22.2 Å². The average molecular weight is 381 g/mol. The highest BCUT2D eigenvalue weighted by molar-refractivity contribution is 5.92. The molecule has 2 heterocycles. The minimum atomic E-state index is 0.00924. The average Bonchev–Trinajstić information content (AvgIpc) is 2.71. The summed E-state index contributed by atoms with van der Waals surface area (Å²) < 4.78 is 0. The van der Waals surface area contributed by atoms with Crippen LogP contribution in [0.15, 0.2) is 42.7 Å². The Bertz CT molecular complexity index is 779. The van der Waals surface area contributed by atoms with Gasteiger partial charge in [-0.3, -0.25) is 9.59 Å². The van der Waals surface area contributed by atoms with E-state index in [0.717, 1.165) is 30.5 Å². The molecule has 0 unspecified atom stereocenters. The number of carbonyl (C=O) groups excluding carboxylic acids is 2. The van der Waals surface area contributed by atoms with Gasteiger partial charge in [0.05, 0.1) is 6.54 Å². The lowest BCUT2D eigenvalue weighted by Gasteiger charge is -2.34. The number of anilines is 2. The summed E-state index contributed by atoms with van der Waals surface area (Å²) in [7, 11) is 0. The minimum absolute atomic E-state index is 0.00924. The van der Waals surface area contributed by atoms with Gasteiger partial charge >= 0.3 is 0 Å². The summed E-state index contributed by atoms with van der Waals surface area (Å²) in [6, 6.07) is 9.49. The van der Waals surface area contributed by atoms with Gasteiger partial charge < -0.3 is 15.1 Å². The lowest BCUT2D eigenvalue weighted by Crippen LogP contribution is -2.53. The molecule has 2 aromatic rings. The highest BCUT2D eigenvalue weighted by atomic mass is 16.2. The van der Waals surface area contributed by atoms with Crippen molar-refractivity contribution in [1.82, 2.24) is 19.8 Å². The maximum absolute atomic E-state index is 12.5. The summed E-state index contributed by atoms with van der Waals surface area (Å²) in [4.78, 5) is 36.4. The van der Waals surface area contributed by atoms with Gasteiger partial charge in [0.25, 0.3) is 0 Å². The van der Waals surface area contributed by atoms with Crippen LogP contribution in [-0.4, -0.2) is 51.2 Å². The Morgan fingerprint density at radius 2 is 1.61 bits per heavy atom. The molecule has 28 heavy (non-hydrogen) atoms. The fourth-order valence-corrected chi connectivity index (χ4v) is 3.19. The van der Waals surface area contributed by atoms with Gasteiger partial charge in [-0.25, -0.2) is 9.97 Å². The Balaban J connectivity index is 1.51. The van der Waals surface area contributed by atoms with Gasteiger partial charge in [0, 0.05) is 31.2 Å². The molecule has 1 aromatic heterocycles. The molecule has 1 aliphatic rings. The maximum Gasteiger partial charge on any atom is 0.242 e. The predicted molar refractivity (Wildman–Crippen MR) is 108 cm³/mol. The lowest BCUT2D eigenvalue weighted by molar-refractivity contribution is -0.150. The van der Waals surface area contributed by atoms with Crippen molar-refractivity contribution in [3.8, 4) is 0 Å². The molecule has 0 radical (unpaired) electrons. The largest absolute Gasteiger partial charge is 0.332 e. The second-order valence-electron chi connectivity index (χ2n) is 7.02. The summed E-state index contributed by atoms with van der Waals surface area (Å²) in [6.45, 7) is 3.63. The number of piperazine rings is 1. The molecule has 148 valence electrons. The molecule has 0 spiro atoms. The smallest absolute Gasteiger partial charge is 0.242 e. The van der Waals surface area contributed by atoms with Crippen LogP contribution in [0.25, 0.3) is 0 Å². The van der Waals surface area contributed by atoms with Crippen LogP contribution >= 0.6 is 0 Å². The quantitative estimate of drug-likeness (QED) is 0.676. The zero-order valence-corrected chi connectivity index (χ0v) is 16.3. The number of aromatic nitrogens is 2. The third-order valence-corrected chi connectivity index (χ3v) is 4.79. The van der Waals surface area contributed by atoms with Crippen LogP contribution in [0.4, 0.5) is 11.6 Å². The normalized spacial score (nSPS) is 14.5. The zero-order chi connectivity index (χ0) is 19.8. The fourth-order valence-electron chi connectivity index (χ4n) is 3.19. The van der Waals surface area contributed by atoms with Crippen molar-refractivity contribution in [2.24, 2.45) is 0 Å². The number of carbonyl (C=O) groups is 2. The summed E-state index contributed by atoms with van der Waals surface area (Å²) in [5.74, 6) is 0.580. The fraction of sp³-hybridized carbons (Fsp3) is 0.429. The van der Waals surface area contributed by atoms with Crippen molar-refractivity contribution < 1.29 is 9.59 Å². The standard InChI is InChI=1S/C21H27N5O2/c1-2-3-4-5-13-25-15-20(28)26(16-19(25)27)14-17-7-9-18(10-8-17)24-21-22-11-6-12-23-21/h6-12H,2-5,13-16H2,1H3,(H,22,23,24). The molecular weight excluding hydrogens is 354 g/mol. The third-order valence-electron chi connectivity index (χ3n) is 4.79. The first kappa shape index (κ1) is 19.8. The summed E-state index contributed by atoms with van der Waals surface area (Å²) in [5, 5.41) is 3.12. The van der Waals surface area contributed by atoms with E-state index < -0.39 is 0 Å². The number of nitrogens with one attached hydrogen (secondary N) is 1. The highest BCUT2D eigenvalue weighted by Crippen LogP contribution is 2.16. The zero-order valence-electron chi connectivity index (χ0n) is 16.3. The third kappa shape index (κ3) is 5.52. The van der Waals surface area contributed by atoms with E-state index in [9.17, 15) is 9.59 Å². The van der Waals surface area contributed by atoms with Crippen molar-refractivity contribution in [3.05, 3.63) is 48.3 Å². The molecule has 2 amide bonds. The Morgan fingerprint density at radius 1 is 0.929 bits per heavy atom. The molecule has 0 atom stereocenters. The van der Waals surface area contributed by atoms with Crippen molar-refractivity contribution in [1.29, 1.82) is 0 Å². The Hall–Kier alpha value is -2.96. The van der Waals surface area contributed by atoms with Crippen LogP contribution < -0.4 is 5.32 Å². The van der Waals surface area contributed by atoms with E-state index in [1.54, 1.807) is 28.3 Å². The van der Waals surface area contributed by atoms with Gasteiger partial charge in [0.2, 0.25) is 17.8 Å². The Kier molecular flexibility index (Phi) is 6.94. The molecule has 3 rings (SSSR count). The monoisotopic (exact) mass is 381 g/mol. The molecule has 0 bridgehead atoms. The van der Waals surface area contributed by atoms with E-state index in [4.69, 9.17) is 0 Å². The molecule has 1 fully saturated rings. The molecular formula is C21H27N5O2. The Labute approximate surface area is 165 Å². The van der Waals surface area contributed by atoms with Crippen LogP contribution in [0.2, 0.25) is 0 Å². The second-order valence-corrected chi connectivity index (χ2v) is 7.02. The van der Waals surface area contributed by atoms with E-state index in [0.29, 0.717) is 19.0 Å². The second kappa shape index (κ2) is 9.82. The first-order valence-electron chi connectivity index (χ1n) is 9.84.